The van der Waals surface area contributed by atoms with E-state index in [1.54, 1.807) is 12.1 Å². The van der Waals surface area contributed by atoms with Crippen molar-refractivity contribution in [3.8, 4) is 11.5 Å². The first-order chi connectivity index (χ1) is 15.0. The highest BCUT2D eigenvalue weighted by Crippen LogP contribution is 2.39. The zero-order chi connectivity index (χ0) is 24.1. The van der Waals surface area contributed by atoms with Crippen molar-refractivity contribution in [2.45, 2.75) is 33.4 Å². The van der Waals surface area contributed by atoms with E-state index in [4.69, 9.17) is 9.47 Å². The van der Waals surface area contributed by atoms with E-state index < -0.39 is 18.6 Å². The van der Waals surface area contributed by atoms with Crippen LogP contribution in [0.3, 0.4) is 0 Å². The third-order valence-corrected chi connectivity index (χ3v) is 5.26. The number of benzene rings is 2. The maximum atomic E-state index is 12.6. The monoisotopic (exact) mass is 514 g/mol. The van der Waals surface area contributed by atoms with E-state index in [0.29, 0.717) is 5.69 Å². The number of methoxy groups -OCH3 is 2. The number of aryl methyl sites for hydroxylation is 1. The van der Waals surface area contributed by atoms with Gasteiger partial charge in [0.15, 0.2) is 0 Å². The van der Waals surface area contributed by atoms with Gasteiger partial charge in [-0.3, -0.25) is 4.79 Å². The number of nitrogens with one attached hydrogen (secondary N) is 1. The quantitative estimate of drug-likeness (QED) is 0.435. The van der Waals surface area contributed by atoms with E-state index in [2.05, 4.69) is 15.9 Å². The van der Waals surface area contributed by atoms with Crippen LogP contribution in [0.5, 0.6) is 11.5 Å². The molecule has 0 saturated carbocycles. The highest BCUT2D eigenvalue weighted by Gasteiger charge is 2.30. The largest absolute Gasteiger partial charge is 0.496 e. The molecule has 174 valence electrons. The third-order valence-electron chi connectivity index (χ3n) is 4.77. The number of anilines is 2. The van der Waals surface area contributed by atoms with Crippen molar-refractivity contribution < 1.29 is 27.4 Å². The number of carbonyl (C=O) groups is 1. The molecule has 2 aromatic carbocycles. The molecule has 0 heterocycles. The van der Waals surface area contributed by atoms with E-state index in [9.17, 15) is 18.0 Å². The number of hydrogen-bond donors (Lipinski definition) is 1. The number of hydrogen-bond acceptors (Lipinski definition) is 4. The van der Waals surface area contributed by atoms with E-state index in [1.807, 2.05) is 55.4 Å². The minimum absolute atomic E-state index is 0.0985. The topological polar surface area (TPSA) is 50.8 Å². The van der Waals surface area contributed by atoms with Crippen molar-refractivity contribution in [1.82, 2.24) is 5.32 Å². The highest BCUT2D eigenvalue weighted by molar-refractivity contribution is 9.10. The summed E-state index contributed by atoms with van der Waals surface area (Å²) in [5, 5.41) is 1.87. The van der Waals surface area contributed by atoms with Gasteiger partial charge in [-0.1, -0.05) is 28.4 Å². The lowest BCUT2D eigenvalue weighted by atomic mass is 10.1. The summed E-state index contributed by atoms with van der Waals surface area (Å²) in [7, 11) is 2.70. The van der Waals surface area contributed by atoms with Gasteiger partial charge in [-0.05, 0) is 44.0 Å². The molecule has 0 aliphatic rings. The molecule has 0 aromatic heterocycles. The smallest absolute Gasteiger partial charge is 0.405 e. The Balaban J connectivity index is 2.64. The average Bonchev–Trinajstić information content (AvgIpc) is 2.74. The Morgan fingerprint density at radius 1 is 1.16 bits per heavy atom. The molecular weight excluding hydrogens is 489 g/mol. The van der Waals surface area contributed by atoms with Gasteiger partial charge >= 0.3 is 6.18 Å². The minimum atomic E-state index is -4.53. The van der Waals surface area contributed by atoms with Crippen molar-refractivity contribution in [2.24, 2.45) is 0 Å². The number of nitrogens with zero attached hydrogens (tertiary/aromatic N) is 1. The molecule has 32 heavy (non-hydrogen) atoms. The molecule has 2 rings (SSSR count). The number of halogens is 4. The van der Waals surface area contributed by atoms with Gasteiger partial charge in [0, 0.05) is 28.5 Å². The first kappa shape index (κ1) is 25.6. The lowest BCUT2D eigenvalue weighted by molar-refractivity contribution is -0.123. The summed E-state index contributed by atoms with van der Waals surface area (Å²) in [5.74, 6) is -0.739. The van der Waals surface area contributed by atoms with E-state index >= 15 is 0 Å². The van der Waals surface area contributed by atoms with Crippen LogP contribution in [0.4, 0.5) is 24.5 Å². The molecular formula is C23H26BrF3N2O3. The van der Waals surface area contributed by atoms with Crippen molar-refractivity contribution in [2.75, 3.05) is 25.7 Å². The molecule has 2 aromatic rings. The minimum Gasteiger partial charge on any atom is -0.496 e. The van der Waals surface area contributed by atoms with Crippen LogP contribution < -0.4 is 19.7 Å². The Hall–Kier alpha value is -2.68. The molecule has 9 heteroatoms. The Kier molecular flexibility index (Phi) is 8.60. The standard InChI is InChI=1S/C23H26BrF3N2O3/c1-6-14(2)12-29(18-8-7-16(24)9-15(18)3)17-10-19(31-4)21(20(11-17)32-5)22(30)28-13-23(25,26)27/h7-12H,6,13H2,1-5H3,(H,28,30)/b14-12-. The zero-order valence-corrected chi connectivity index (χ0v) is 20.1. The van der Waals surface area contributed by atoms with Crippen LogP contribution >= 0.6 is 15.9 Å². The van der Waals surface area contributed by atoms with Gasteiger partial charge in [0.25, 0.3) is 5.91 Å². The SMILES string of the molecule is CC/C(C)=C\N(c1cc(OC)c(C(=O)NCC(F)(F)F)c(OC)c1)c1ccc(Br)cc1C. The lowest BCUT2D eigenvalue weighted by Gasteiger charge is -2.26. The first-order valence-electron chi connectivity index (χ1n) is 9.84. The summed E-state index contributed by atoms with van der Waals surface area (Å²) in [6, 6.07) is 9.04. The average molecular weight is 515 g/mol. The number of ether oxygens (including phenoxy) is 2. The summed E-state index contributed by atoms with van der Waals surface area (Å²) in [5.41, 5.74) is 3.50. The summed E-state index contributed by atoms with van der Waals surface area (Å²) >= 11 is 3.47. The lowest BCUT2D eigenvalue weighted by Crippen LogP contribution is -2.34. The van der Waals surface area contributed by atoms with Crippen LogP contribution in [0, 0.1) is 6.92 Å². The Labute approximate surface area is 194 Å². The van der Waals surface area contributed by atoms with Gasteiger partial charge in [-0.2, -0.15) is 13.2 Å². The molecule has 0 aliphatic carbocycles. The fraction of sp³-hybridized carbons (Fsp3) is 0.348. The maximum Gasteiger partial charge on any atom is 0.405 e. The van der Waals surface area contributed by atoms with Crippen LogP contribution in [0.25, 0.3) is 0 Å². The molecule has 1 amide bonds. The van der Waals surface area contributed by atoms with E-state index in [-0.39, 0.29) is 17.1 Å². The number of alkyl halides is 3. The second kappa shape index (κ2) is 10.8. The number of carbonyl (C=O) groups excluding carboxylic acids is 1. The Bertz CT molecular complexity index is 981. The molecule has 0 spiro atoms. The normalized spacial score (nSPS) is 11.8. The number of allylic oxidation sites excluding steroid dienone is 1. The van der Waals surface area contributed by atoms with Gasteiger partial charge in [-0.25, -0.2) is 0 Å². The fourth-order valence-electron chi connectivity index (χ4n) is 3.01. The van der Waals surface area contributed by atoms with Crippen LogP contribution in [0.2, 0.25) is 0 Å². The number of amides is 1. The maximum absolute atomic E-state index is 12.6. The summed E-state index contributed by atoms with van der Waals surface area (Å²) in [6.07, 6.45) is -1.75. The van der Waals surface area contributed by atoms with Crippen LogP contribution in [-0.2, 0) is 0 Å². The van der Waals surface area contributed by atoms with Crippen molar-refractivity contribution in [1.29, 1.82) is 0 Å². The van der Waals surface area contributed by atoms with Crippen molar-refractivity contribution in [3.05, 3.63) is 57.7 Å². The Morgan fingerprint density at radius 2 is 1.75 bits per heavy atom. The van der Waals surface area contributed by atoms with Gasteiger partial charge < -0.3 is 19.7 Å². The summed E-state index contributed by atoms with van der Waals surface area (Å²) in [6.45, 7) is 4.54. The van der Waals surface area contributed by atoms with E-state index in [0.717, 1.165) is 27.7 Å². The molecule has 0 radical (unpaired) electrons. The Morgan fingerprint density at radius 3 is 2.22 bits per heavy atom. The van der Waals surface area contributed by atoms with Crippen LogP contribution in [0.1, 0.15) is 36.2 Å². The van der Waals surface area contributed by atoms with Gasteiger partial charge in [0.1, 0.15) is 23.6 Å². The van der Waals surface area contributed by atoms with Gasteiger partial charge in [-0.15, -0.1) is 0 Å². The zero-order valence-electron chi connectivity index (χ0n) is 18.6. The molecule has 0 saturated heterocycles. The van der Waals surface area contributed by atoms with Crippen molar-refractivity contribution in [3.63, 3.8) is 0 Å². The first-order valence-corrected chi connectivity index (χ1v) is 10.6. The molecule has 5 nitrogen and oxygen atoms in total. The second-order valence-electron chi connectivity index (χ2n) is 7.15. The van der Waals surface area contributed by atoms with E-state index in [1.165, 1.54) is 14.2 Å². The van der Waals surface area contributed by atoms with Gasteiger partial charge in [0.05, 0.1) is 19.9 Å². The fourth-order valence-corrected chi connectivity index (χ4v) is 3.49. The predicted molar refractivity (Wildman–Crippen MR) is 123 cm³/mol. The summed E-state index contributed by atoms with van der Waals surface area (Å²) < 4.78 is 49.4. The van der Waals surface area contributed by atoms with Crippen LogP contribution in [0.15, 0.2) is 46.6 Å². The highest BCUT2D eigenvalue weighted by atomic mass is 79.9. The molecule has 0 fully saturated rings. The molecule has 0 atom stereocenters. The van der Waals surface area contributed by atoms with Crippen molar-refractivity contribution >= 4 is 33.2 Å². The molecule has 0 aliphatic heterocycles. The summed E-state index contributed by atoms with van der Waals surface area (Å²) in [4.78, 5) is 14.4. The predicted octanol–water partition coefficient (Wildman–Crippen LogP) is 6.52. The second-order valence-corrected chi connectivity index (χ2v) is 8.07. The molecule has 1 N–H and O–H groups in total. The number of rotatable bonds is 8. The third kappa shape index (κ3) is 6.41. The molecule has 0 bridgehead atoms. The van der Waals surface area contributed by atoms with Crippen LogP contribution in [-0.4, -0.2) is 32.8 Å². The van der Waals surface area contributed by atoms with Gasteiger partial charge in [0.2, 0.25) is 0 Å². The molecule has 0 unspecified atom stereocenters.